The van der Waals surface area contributed by atoms with Crippen LogP contribution in [0.1, 0.15) is 12.0 Å². The number of benzene rings is 1. The van der Waals surface area contributed by atoms with Crippen LogP contribution >= 0.6 is 0 Å². The zero-order valence-electron chi connectivity index (χ0n) is 11.3. The van der Waals surface area contributed by atoms with Crippen molar-refractivity contribution in [3.63, 3.8) is 0 Å². The van der Waals surface area contributed by atoms with E-state index < -0.39 is 6.23 Å². The molecule has 0 aliphatic carbocycles. The molecule has 1 N–H and O–H groups in total. The summed E-state index contributed by atoms with van der Waals surface area (Å²) < 4.78 is 5.25. The average Bonchev–Trinajstić information content (AvgIpc) is 2.36. The molecule has 104 valence electrons. The number of nitrogens with zero attached hydrogens (tertiary/aromatic N) is 2. The van der Waals surface area contributed by atoms with Gasteiger partial charge in [-0.05, 0) is 26.1 Å². The molecule has 1 heterocycles. The molecule has 0 radical (unpaired) electrons. The molecule has 1 aromatic rings. The number of likely N-dealkylation sites (N-methyl/N-ethyl adjacent to an activating group) is 1. The molecule has 1 aliphatic heterocycles. The summed E-state index contributed by atoms with van der Waals surface area (Å²) in [7, 11) is 3.58. The fourth-order valence-electron chi connectivity index (χ4n) is 2.09. The molecular formula is C14H20N2O3. The van der Waals surface area contributed by atoms with Crippen molar-refractivity contribution in [1.29, 1.82) is 0 Å². The Labute approximate surface area is 113 Å². The van der Waals surface area contributed by atoms with Crippen molar-refractivity contribution >= 4 is 6.09 Å². The monoisotopic (exact) mass is 264 g/mol. The Bertz CT molecular complexity index is 422. The van der Waals surface area contributed by atoms with Crippen LogP contribution < -0.4 is 0 Å². The zero-order chi connectivity index (χ0) is 13.8. The van der Waals surface area contributed by atoms with E-state index >= 15 is 0 Å². The van der Waals surface area contributed by atoms with Gasteiger partial charge in [-0.1, -0.05) is 30.3 Å². The van der Waals surface area contributed by atoms with Gasteiger partial charge in [-0.2, -0.15) is 0 Å². The van der Waals surface area contributed by atoms with Crippen LogP contribution in [-0.2, 0) is 11.3 Å². The summed E-state index contributed by atoms with van der Waals surface area (Å²) in [5.74, 6) is 0. The number of carbonyl (C=O) groups excluding carboxylic acids is 1. The summed E-state index contributed by atoms with van der Waals surface area (Å²) in [6.45, 7) is 0.907. The molecular weight excluding hydrogens is 244 g/mol. The quantitative estimate of drug-likeness (QED) is 0.832. The number of amides is 1. The van der Waals surface area contributed by atoms with E-state index in [0.29, 0.717) is 6.54 Å². The van der Waals surface area contributed by atoms with Crippen LogP contribution in [0.15, 0.2) is 30.3 Å². The van der Waals surface area contributed by atoms with E-state index in [1.54, 1.807) is 23.9 Å². The topological polar surface area (TPSA) is 53.0 Å². The third-order valence-corrected chi connectivity index (χ3v) is 3.38. The lowest BCUT2D eigenvalue weighted by Gasteiger charge is -2.44. The predicted octanol–water partition coefficient (Wildman–Crippen LogP) is 1.28. The first-order valence-electron chi connectivity index (χ1n) is 6.41. The Morgan fingerprint density at radius 2 is 2.16 bits per heavy atom. The van der Waals surface area contributed by atoms with Crippen LogP contribution in [0.3, 0.4) is 0 Å². The minimum absolute atomic E-state index is 0.168. The SMILES string of the molecule is CN(C)C(O)[C@@H]1CCN1C(=O)OCc1ccccc1. The maximum absolute atomic E-state index is 11.9. The number of carbonyl (C=O) groups is 1. The van der Waals surface area contributed by atoms with Crippen molar-refractivity contribution in [3.05, 3.63) is 35.9 Å². The summed E-state index contributed by atoms with van der Waals surface area (Å²) in [5.41, 5.74) is 0.959. The summed E-state index contributed by atoms with van der Waals surface area (Å²) in [6.07, 6.45) is -0.196. The molecule has 1 aromatic carbocycles. The largest absolute Gasteiger partial charge is 0.445 e. The molecule has 1 aliphatic rings. The first-order chi connectivity index (χ1) is 9.09. The molecule has 2 rings (SSSR count). The van der Waals surface area contributed by atoms with Gasteiger partial charge in [0.05, 0.1) is 6.04 Å². The van der Waals surface area contributed by atoms with Crippen LogP contribution in [0, 0.1) is 0 Å². The van der Waals surface area contributed by atoms with Gasteiger partial charge in [-0.15, -0.1) is 0 Å². The Balaban J connectivity index is 1.84. The van der Waals surface area contributed by atoms with E-state index in [9.17, 15) is 9.90 Å². The summed E-state index contributed by atoms with van der Waals surface area (Å²) in [6, 6.07) is 9.39. The van der Waals surface area contributed by atoms with E-state index in [0.717, 1.165) is 12.0 Å². The van der Waals surface area contributed by atoms with Gasteiger partial charge in [0, 0.05) is 6.54 Å². The van der Waals surface area contributed by atoms with Gasteiger partial charge >= 0.3 is 6.09 Å². The van der Waals surface area contributed by atoms with E-state index in [2.05, 4.69) is 0 Å². The molecule has 0 bridgehead atoms. The minimum atomic E-state index is -0.641. The Morgan fingerprint density at radius 3 is 2.68 bits per heavy atom. The number of rotatable bonds is 4. The van der Waals surface area contributed by atoms with Gasteiger partial charge < -0.3 is 14.7 Å². The highest BCUT2D eigenvalue weighted by Crippen LogP contribution is 2.23. The molecule has 2 atom stereocenters. The molecule has 5 nitrogen and oxygen atoms in total. The smallest absolute Gasteiger partial charge is 0.410 e. The van der Waals surface area contributed by atoms with Crippen molar-refractivity contribution in [3.8, 4) is 0 Å². The second-order valence-corrected chi connectivity index (χ2v) is 4.97. The van der Waals surface area contributed by atoms with Gasteiger partial charge in [0.25, 0.3) is 0 Å². The van der Waals surface area contributed by atoms with Crippen LogP contribution in [0.25, 0.3) is 0 Å². The van der Waals surface area contributed by atoms with Crippen molar-refractivity contribution in [2.45, 2.75) is 25.3 Å². The van der Waals surface area contributed by atoms with Crippen molar-refractivity contribution < 1.29 is 14.6 Å². The normalized spacial score (nSPS) is 20.0. The number of likely N-dealkylation sites (tertiary alicyclic amines) is 1. The van der Waals surface area contributed by atoms with Gasteiger partial charge in [-0.3, -0.25) is 4.90 Å². The van der Waals surface area contributed by atoms with Gasteiger partial charge in [-0.25, -0.2) is 4.79 Å². The van der Waals surface area contributed by atoms with E-state index in [1.807, 2.05) is 30.3 Å². The van der Waals surface area contributed by atoms with Crippen molar-refractivity contribution in [2.75, 3.05) is 20.6 Å². The molecule has 1 fully saturated rings. The van der Waals surface area contributed by atoms with Gasteiger partial charge in [0.15, 0.2) is 0 Å². The molecule has 0 aromatic heterocycles. The summed E-state index contributed by atoms with van der Waals surface area (Å²) in [5, 5.41) is 9.93. The maximum Gasteiger partial charge on any atom is 0.410 e. The Morgan fingerprint density at radius 1 is 1.47 bits per heavy atom. The van der Waals surface area contributed by atoms with E-state index in [-0.39, 0.29) is 18.7 Å². The van der Waals surface area contributed by atoms with Crippen molar-refractivity contribution in [1.82, 2.24) is 9.80 Å². The molecule has 19 heavy (non-hydrogen) atoms. The highest BCUT2D eigenvalue weighted by Gasteiger charge is 2.39. The molecule has 0 spiro atoms. The summed E-state index contributed by atoms with van der Waals surface area (Å²) in [4.78, 5) is 15.2. The number of hydrogen-bond acceptors (Lipinski definition) is 4. The second kappa shape index (κ2) is 6.04. The van der Waals surface area contributed by atoms with Gasteiger partial charge in [0.1, 0.15) is 12.8 Å². The van der Waals surface area contributed by atoms with Crippen LogP contribution in [0.2, 0.25) is 0 Å². The Hall–Kier alpha value is -1.59. The van der Waals surface area contributed by atoms with Crippen LogP contribution in [-0.4, -0.2) is 53.9 Å². The molecule has 1 saturated heterocycles. The average molecular weight is 264 g/mol. The highest BCUT2D eigenvalue weighted by molar-refractivity contribution is 5.69. The Kier molecular flexibility index (Phi) is 4.39. The van der Waals surface area contributed by atoms with Crippen LogP contribution in [0.4, 0.5) is 4.79 Å². The minimum Gasteiger partial charge on any atom is -0.445 e. The first-order valence-corrected chi connectivity index (χ1v) is 6.41. The lowest BCUT2D eigenvalue weighted by Crippen LogP contribution is -2.60. The fourth-order valence-corrected chi connectivity index (χ4v) is 2.09. The van der Waals surface area contributed by atoms with Gasteiger partial charge in [0.2, 0.25) is 0 Å². The lowest BCUT2D eigenvalue weighted by atomic mass is 10.0. The number of aliphatic hydroxyl groups excluding tert-OH is 1. The lowest BCUT2D eigenvalue weighted by molar-refractivity contribution is -0.0738. The molecule has 1 amide bonds. The predicted molar refractivity (Wildman–Crippen MR) is 71.4 cm³/mol. The number of aliphatic hydroxyl groups is 1. The third-order valence-electron chi connectivity index (χ3n) is 3.38. The first kappa shape index (κ1) is 13.8. The third kappa shape index (κ3) is 3.24. The highest BCUT2D eigenvalue weighted by atomic mass is 16.6. The summed E-state index contributed by atoms with van der Waals surface area (Å²) >= 11 is 0. The second-order valence-electron chi connectivity index (χ2n) is 4.97. The standard InChI is InChI=1S/C14H20N2O3/c1-15(2)13(17)12-8-9-16(12)14(18)19-10-11-6-4-3-5-7-11/h3-7,12-13,17H,8-10H2,1-2H3/t12-,13?/m0/s1. The molecule has 0 saturated carbocycles. The maximum atomic E-state index is 11.9. The van der Waals surface area contributed by atoms with E-state index in [1.165, 1.54) is 0 Å². The van der Waals surface area contributed by atoms with Crippen molar-refractivity contribution in [2.24, 2.45) is 0 Å². The van der Waals surface area contributed by atoms with E-state index in [4.69, 9.17) is 4.74 Å². The molecule has 1 unspecified atom stereocenters. The fraction of sp³-hybridized carbons (Fsp3) is 0.500. The number of ether oxygens (including phenoxy) is 1. The van der Waals surface area contributed by atoms with Crippen LogP contribution in [0.5, 0.6) is 0 Å². The molecule has 5 heteroatoms. The number of hydrogen-bond donors (Lipinski definition) is 1. The zero-order valence-corrected chi connectivity index (χ0v) is 11.3.